The molecule has 0 radical (unpaired) electrons. The lowest BCUT2D eigenvalue weighted by Gasteiger charge is -2.11. The first-order valence-corrected chi connectivity index (χ1v) is 7.24. The van der Waals surface area contributed by atoms with Gasteiger partial charge in [0.15, 0.2) is 0 Å². The number of carboxylic acid groups (broad SMARTS) is 1. The molecule has 0 aliphatic rings. The average Bonchev–Trinajstić information content (AvgIpc) is 2.93. The number of aromatic carboxylic acids is 1. The van der Waals surface area contributed by atoms with Crippen molar-refractivity contribution < 1.29 is 9.90 Å². The Morgan fingerprint density at radius 1 is 1.35 bits per heavy atom. The number of nitrogen functional groups attached to an aromatic ring is 1. The van der Waals surface area contributed by atoms with Crippen molar-refractivity contribution in [2.75, 3.05) is 11.1 Å². The Morgan fingerprint density at radius 3 is 2.87 bits per heavy atom. The summed E-state index contributed by atoms with van der Waals surface area (Å²) in [6, 6.07) is 8.87. The Hall–Kier alpha value is -2.93. The fourth-order valence-electron chi connectivity index (χ4n) is 2.28. The van der Waals surface area contributed by atoms with Gasteiger partial charge in [-0.1, -0.05) is 18.3 Å². The van der Waals surface area contributed by atoms with Gasteiger partial charge in [-0.05, 0) is 36.8 Å². The number of aromatic amines is 1. The molecule has 0 saturated carbocycles. The average molecular weight is 326 g/mol. The summed E-state index contributed by atoms with van der Waals surface area (Å²) in [6.07, 6.45) is 1.60. The van der Waals surface area contributed by atoms with Crippen molar-refractivity contribution in [1.29, 1.82) is 0 Å². The SMILES string of the molecule is Cc1ccc(N)cc1C(=S)Nc1cnc2[nH]c(C(=O)O)cc2c1. The van der Waals surface area contributed by atoms with E-state index in [0.717, 1.165) is 11.1 Å². The summed E-state index contributed by atoms with van der Waals surface area (Å²) >= 11 is 5.42. The second-order valence-electron chi connectivity index (χ2n) is 5.18. The molecule has 0 amide bonds. The van der Waals surface area contributed by atoms with E-state index < -0.39 is 5.97 Å². The Balaban J connectivity index is 1.90. The molecule has 0 atom stereocenters. The van der Waals surface area contributed by atoms with Crippen LogP contribution in [0.15, 0.2) is 36.5 Å². The summed E-state index contributed by atoms with van der Waals surface area (Å²) < 4.78 is 0. The van der Waals surface area contributed by atoms with Gasteiger partial charge in [-0.15, -0.1) is 0 Å². The Kier molecular flexibility index (Phi) is 3.71. The third-order valence-corrected chi connectivity index (χ3v) is 3.79. The fourth-order valence-corrected chi connectivity index (χ4v) is 2.62. The first kappa shape index (κ1) is 15.0. The third-order valence-electron chi connectivity index (χ3n) is 3.46. The maximum Gasteiger partial charge on any atom is 0.352 e. The van der Waals surface area contributed by atoms with Gasteiger partial charge in [0, 0.05) is 16.6 Å². The Morgan fingerprint density at radius 2 is 2.13 bits per heavy atom. The van der Waals surface area contributed by atoms with E-state index in [0.29, 0.717) is 27.4 Å². The number of anilines is 2. The normalized spacial score (nSPS) is 10.7. The first-order valence-electron chi connectivity index (χ1n) is 6.83. The van der Waals surface area contributed by atoms with Gasteiger partial charge in [0.05, 0.1) is 11.9 Å². The number of rotatable bonds is 3. The van der Waals surface area contributed by atoms with Crippen LogP contribution < -0.4 is 11.1 Å². The van der Waals surface area contributed by atoms with Crippen molar-refractivity contribution in [3.63, 3.8) is 0 Å². The van der Waals surface area contributed by atoms with Gasteiger partial charge in [0.25, 0.3) is 0 Å². The van der Waals surface area contributed by atoms with Crippen LogP contribution in [-0.4, -0.2) is 26.0 Å². The van der Waals surface area contributed by atoms with Crippen LogP contribution in [0.2, 0.25) is 0 Å². The number of aryl methyl sites for hydroxylation is 1. The number of pyridine rings is 1. The maximum absolute atomic E-state index is 11.0. The molecule has 1 aromatic carbocycles. The van der Waals surface area contributed by atoms with Gasteiger partial charge in [-0.3, -0.25) is 0 Å². The predicted octanol–water partition coefficient (Wildman–Crippen LogP) is 2.94. The number of nitrogens with two attached hydrogens (primary N) is 1. The van der Waals surface area contributed by atoms with Crippen LogP contribution in [-0.2, 0) is 0 Å². The lowest BCUT2D eigenvalue weighted by molar-refractivity contribution is 0.0691. The summed E-state index contributed by atoms with van der Waals surface area (Å²) in [5.41, 5.74) is 9.60. The van der Waals surface area contributed by atoms with Crippen molar-refractivity contribution in [3.8, 4) is 0 Å². The number of nitrogens with zero attached hydrogens (tertiary/aromatic N) is 1. The van der Waals surface area contributed by atoms with E-state index in [-0.39, 0.29) is 5.69 Å². The predicted molar refractivity (Wildman–Crippen MR) is 94.0 cm³/mol. The molecule has 7 heteroatoms. The number of fused-ring (bicyclic) bond motifs is 1. The zero-order valence-electron chi connectivity index (χ0n) is 12.3. The topological polar surface area (TPSA) is 104 Å². The highest BCUT2D eigenvalue weighted by atomic mass is 32.1. The van der Waals surface area contributed by atoms with Crippen molar-refractivity contribution in [1.82, 2.24) is 9.97 Å². The van der Waals surface area contributed by atoms with Gasteiger partial charge in [0.1, 0.15) is 16.3 Å². The molecule has 0 saturated heterocycles. The molecular formula is C16H14N4O2S. The quantitative estimate of drug-likeness (QED) is 0.436. The van der Waals surface area contributed by atoms with Gasteiger partial charge in [-0.2, -0.15) is 0 Å². The fraction of sp³-hybridized carbons (Fsp3) is 0.0625. The summed E-state index contributed by atoms with van der Waals surface area (Å²) in [7, 11) is 0. The molecule has 3 rings (SSSR count). The summed E-state index contributed by atoms with van der Waals surface area (Å²) in [6.45, 7) is 1.95. The van der Waals surface area contributed by atoms with Gasteiger partial charge >= 0.3 is 5.97 Å². The van der Waals surface area contributed by atoms with Crippen molar-refractivity contribution in [3.05, 3.63) is 53.3 Å². The van der Waals surface area contributed by atoms with Gasteiger partial charge in [0.2, 0.25) is 0 Å². The number of carbonyl (C=O) groups is 1. The molecule has 0 fully saturated rings. The number of carboxylic acids is 1. The van der Waals surface area contributed by atoms with E-state index in [9.17, 15) is 4.79 Å². The Labute approximate surface area is 137 Å². The van der Waals surface area contributed by atoms with E-state index >= 15 is 0 Å². The molecular weight excluding hydrogens is 312 g/mol. The first-order chi connectivity index (χ1) is 10.9. The summed E-state index contributed by atoms with van der Waals surface area (Å²) in [5, 5.41) is 12.8. The van der Waals surface area contributed by atoms with Gasteiger partial charge in [-0.25, -0.2) is 9.78 Å². The Bertz CT molecular complexity index is 933. The monoisotopic (exact) mass is 326 g/mol. The number of hydrogen-bond acceptors (Lipinski definition) is 4. The van der Waals surface area contributed by atoms with E-state index in [4.69, 9.17) is 23.1 Å². The number of aromatic nitrogens is 2. The highest BCUT2D eigenvalue weighted by Crippen LogP contribution is 2.20. The zero-order valence-corrected chi connectivity index (χ0v) is 13.1. The van der Waals surface area contributed by atoms with E-state index in [1.165, 1.54) is 6.07 Å². The smallest absolute Gasteiger partial charge is 0.352 e. The molecule has 5 N–H and O–H groups in total. The van der Waals surface area contributed by atoms with Crippen molar-refractivity contribution >= 4 is 45.6 Å². The molecule has 6 nitrogen and oxygen atoms in total. The molecule has 2 aromatic heterocycles. The minimum absolute atomic E-state index is 0.0962. The second-order valence-corrected chi connectivity index (χ2v) is 5.59. The number of hydrogen-bond donors (Lipinski definition) is 4. The number of thiocarbonyl (C=S) groups is 1. The van der Waals surface area contributed by atoms with Crippen LogP contribution in [0.4, 0.5) is 11.4 Å². The molecule has 0 aliphatic heterocycles. The van der Waals surface area contributed by atoms with Crippen LogP contribution in [0, 0.1) is 6.92 Å². The van der Waals surface area contributed by atoms with Crippen LogP contribution in [0.1, 0.15) is 21.6 Å². The van der Waals surface area contributed by atoms with E-state index in [2.05, 4.69) is 15.3 Å². The summed E-state index contributed by atoms with van der Waals surface area (Å²) in [4.78, 5) is 18.5. The lowest BCUT2D eigenvalue weighted by Crippen LogP contribution is -2.12. The molecule has 2 heterocycles. The largest absolute Gasteiger partial charge is 0.477 e. The van der Waals surface area contributed by atoms with Crippen molar-refractivity contribution in [2.24, 2.45) is 0 Å². The summed E-state index contributed by atoms with van der Waals surface area (Å²) in [5.74, 6) is -1.02. The highest BCUT2D eigenvalue weighted by Gasteiger charge is 2.10. The number of nitrogens with one attached hydrogen (secondary N) is 2. The number of benzene rings is 1. The second kappa shape index (κ2) is 5.69. The van der Waals surface area contributed by atoms with Gasteiger partial charge < -0.3 is 21.1 Å². The highest BCUT2D eigenvalue weighted by molar-refractivity contribution is 7.81. The standard InChI is InChI=1S/C16H14N4O2S/c1-8-2-3-10(17)6-12(8)15(23)19-11-4-9-5-13(16(21)22)20-14(9)18-7-11/h2-7H,17H2,1H3,(H,18,20)(H,19,23)(H,21,22). The third kappa shape index (κ3) is 3.00. The van der Waals surface area contributed by atoms with Crippen molar-refractivity contribution in [2.45, 2.75) is 6.92 Å². The minimum atomic E-state index is -1.02. The molecule has 116 valence electrons. The zero-order chi connectivity index (χ0) is 16.6. The maximum atomic E-state index is 11.0. The molecule has 0 aliphatic carbocycles. The molecule has 0 spiro atoms. The van der Waals surface area contributed by atoms with Crippen LogP contribution >= 0.6 is 12.2 Å². The lowest BCUT2D eigenvalue weighted by atomic mass is 10.1. The van der Waals surface area contributed by atoms with Crippen LogP contribution in [0.3, 0.4) is 0 Å². The number of H-pyrrole nitrogens is 1. The molecule has 23 heavy (non-hydrogen) atoms. The molecule has 3 aromatic rings. The molecule has 0 unspecified atom stereocenters. The van der Waals surface area contributed by atoms with E-state index in [1.807, 2.05) is 25.1 Å². The van der Waals surface area contributed by atoms with E-state index in [1.54, 1.807) is 12.3 Å². The molecule has 0 bridgehead atoms. The van der Waals surface area contributed by atoms with Crippen LogP contribution in [0.5, 0.6) is 0 Å². The minimum Gasteiger partial charge on any atom is -0.477 e. The van der Waals surface area contributed by atoms with Crippen LogP contribution in [0.25, 0.3) is 11.0 Å².